The molecule has 13 heteroatoms. The van der Waals surface area contributed by atoms with Gasteiger partial charge in [0.25, 0.3) is 11.6 Å². The topological polar surface area (TPSA) is 155 Å². The fourth-order valence-electron chi connectivity index (χ4n) is 3.54. The van der Waals surface area contributed by atoms with Crippen molar-refractivity contribution in [1.29, 1.82) is 0 Å². The van der Waals surface area contributed by atoms with Crippen molar-refractivity contribution in [3.8, 4) is 23.0 Å². The Morgan fingerprint density at radius 3 is 2.32 bits per heavy atom. The molecule has 4 rings (SSSR count). The van der Waals surface area contributed by atoms with E-state index in [1.807, 2.05) is 30.3 Å². The molecule has 0 saturated carbocycles. The van der Waals surface area contributed by atoms with E-state index in [1.165, 1.54) is 19.4 Å². The van der Waals surface area contributed by atoms with Crippen LogP contribution in [0.1, 0.15) is 21.5 Å². The van der Waals surface area contributed by atoms with Gasteiger partial charge in [-0.1, -0.05) is 30.3 Å². The van der Waals surface area contributed by atoms with Gasteiger partial charge >= 0.3 is 5.69 Å². The molecule has 0 saturated heterocycles. The van der Waals surface area contributed by atoms with Crippen LogP contribution in [-0.2, 0) is 6.61 Å². The van der Waals surface area contributed by atoms with Crippen LogP contribution in [0.5, 0.6) is 23.0 Å². The standard InChI is InChI=1S/C28H21BrN4O8/c1-39-27-14-20(8-11-26(27)40-17-18-5-3-2-4-6-18)28(34)31-30-16-19-7-10-24(22(29)13-19)41-25-12-9-21(32(35)36)15-23(25)33(37)38/h2-16H,17H2,1H3,(H,31,34)/b30-16+. The predicted octanol–water partition coefficient (Wildman–Crippen LogP) is 6.41. The summed E-state index contributed by atoms with van der Waals surface area (Å²) >= 11 is 3.33. The molecule has 0 heterocycles. The summed E-state index contributed by atoms with van der Waals surface area (Å²) in [4.78, 5) is 33.4. The number of non-ortho nitro benzene ring substituents is 1. The van der Waals surface area contributed by atoms with E-state index >= 15 is 0 Å². The fourth-order valence-corrected chi connectivity index (χ4v) is 4.02. The molecule has 0 bridgehead atoms. The van der Waals surface area contributed by atoms with Crippen molar-refractivity contribution in [3.63, 3.8) is 0 Å². The van der Waals surface area contributed by atoms with E-state index in [2.05, 4.69) is 26.5 Å². The summed E-state index contributed by atoms with van der Waals surface area (Å²) in [5, 5.41) is 26.3. The molecule has 0 fully saturated rings. The number of carbonyl (C=O) groups excluding carboxylic acids is 1. The lowest BCUT2D eigenvalue weighted by Gasteiger charge is -2.12. The SMILES string of the molecule is COc1cc(C(=O)N/N=C/c2ccc(Oc3ccc([N+](=O)[O-])cc3[N+](=O)[O-])c(Br)c2)ccc1OCc1ccccc1. The maximum absolute atomic E-state index is 12.6. The second kappa shape index (κ2) is 13.2. The number of hydrazone groups is 1. The van der Waals surface area contributed by atoms with Crippen molar-refractivity contribution >= 4 is 39.4 Å². The Hall–Kier alpha value is -5.30. The normalized spacial score (nSPS) is 10.7. The smallest absolute Gasteiger partial charge is 0.318 e. The van der Waals surface area contributed by atoms with E-state index < -0.39 is 27.1 Å². The number of nitro benzene ring substituents is 2. The quantitative estimate of drug-likeness (QED) is 0.114. The molecule has 0 unspecified atom stereocenters. The lowest BCUT2D eigenvalue weighted by Crippen LogP contribution is -2.17. The number of benzene rings is 4. The van der Waals surface area contributed by atoms with Gasteiger partial charge < -0.3 is 14.2 Å². The molecule has 0 aliphatic heterocycles. The number of nitro groups is 2. The van der Waals surface area contributed by atoms with Crippen molar-refractivity contribution in [2.24, 2.45) is 5.10 Å². The predicted molar refractivity (Wildman–Crippen MR) is 153 cm³/mol. The highest BCUT2D eigenvalue weighted by Crippen LogP contribution is 2.37. The summed E-state index contributed by atoms with van der Waals surface area (Å²) in [6, 6.07) is 22.3. The lowest BCUT2D eigenvalue weighted by molar-refractivity contribution is -0.394. The molecular weight excluding hydrogens is 600 g/mol. The van der Waals surface area contributed by atoms with Gasteiger partial charge in [0.1, 0.15) is 12.4 Å². The molecular formula is C28H21BrN4O8. The van der Waals surface area contributed by atoms with Gasteiger partial charge in [-0.05, 0) is 69.5 Å². The number of halogens is 1. The van der Waals surface area contributed by atoms with E-state index in [0.717, 1.165) is 23.8 Å². The Morgan fingerprint density at radius 2 is 1.63 bits per heavy atom. The van der Waals surface area contributed by atoms with Gasteiger partial charge in [0.2, 0.25) is 5.75 Å². The molecule has 0 spiro atoms. The average Bonchev–Trinajstić information content (AvgIpc) is 2.97. The zero-order valence-electron chi connectivity index (χ0n) is 21.4. The molecule has 12 nitrogen and oxygen atoms in total. The minimum absolute atomic E-state index is 0.165. The van der Waals surface area contributed by atoms with E-state index in [1.54, 1.807) is 30.3 Å². The van der Waals surface area contributed by atoms with Crippen molar-refractivity contribution in [1.82, 2.24) is 5.43 Å². The van der Waals surface area contributed by atoms with Crippen molar-refractivity contribution in [3.05, 3.63) is 126 Å². The highest BCUT2D eigenvalue weighted by Gasteiger charge is 2.22. The molecule has 1 amide bonds. The number of carbonyl (C=O) groups is 1. The number of ether oxygens (including phenoxy) is 3. The van der Waals surface area contributed by atoms with Crippen LogP contribution in [0.2, 0.25) is 0 Å². The third kappa shape index (κ3) is 7.42. The van der Waals surface area contributed by atoms with Crippen LogP contribution < -0.4 is 19.6 Å². The zero-order chi connectivity index (χ0) is 29.4. The largest absolute Gasteiger partial charge is 0.493 e. The molecule has 208 valence electrons. The van der Waals surface area contributed by atoms with Crippen molar-refractivity contribution in [2.45, 2.75) is 6.61 Å². The Bertz CT molecular complexity index is 1630. The fraction of sp³-hybridized carbons (Fsp3) is 0.0714. The number of nitrogens with one attached hydrogen (secondary N) is 1. The summed E-state index contributed by atoms with van der Waals surface area (Å²) in [7, 11) is 1.48. The molecule has 0 radical (unpaired) electrons. The van der Waals surface area contributed by atoms with Gasteiger partial charge in [0, 0.05) is 11.6 Å². The number of nitrogens with zero attached hydrogens (tertiary/aromatic N) is 3. The number of hydrogen-bond donors (Lipinski definition) is 1. The maximum atomic E-state index is 12.6. The van der Waals surface area contributed by atoms with Crippen molar-refractivity contribution < 1.29 is 28.9 Å². The minimum Gasteiger partial charge on any atom is -0.493 e. The van der Waals surface area contributed by atoms with Crippen LogP contribution in [0.3, 0.4) is 0 Å². The first-order chi connectivity index (χ1) is 19.7. The molecule has 0 aliphatic carbocycles. The first kappa shape index (κ1) is 28.7. The minimum atomic E-state index is -0.763. The summed E-state index contributed by atoms with van der Waals surface area (Å²) in [6.07, 6.45) is 1.40. The summed E-state index contributed by atoms with van der Waals surface area (Å²) in [5.74, 6) is 0.471. The highest BCUT2D eigenvalue weighted by atomic mass is 79.9. The van der Waals surface area contributed by atoms with Gasteiger partial charge in [-0.15, -0.1) is 0 Å². The third-order valence-corrected chi connectivity index (χ3v) is 6.19. The zero-order valence-corrected chi connectivity index (χ0v) is 22.9. The van der Waals surface area contributed by atoms with Crippen LogP contribution in [0.4, 0.5) is 11.4 Å². The molecule has 4 aromatic carbocycles. The van der Waals surface area contributed by atoms with Gasteiger partial charge in [0.15, 0.2) is 11.5 Å². The number of hydrogen-bond acceptors (Lipinski definition) is 9. The maximum Gasteiger partial charge on any atom is 0.318 e. The second-order valence-electron chi connectivity index (χ2n) is 8.30. The summed E-state index contributed by atoms with van der Waals surface area (Å²) in [6.45, 7) is 0.344. The molecule has 0 aromatic heterocycles. The average molecular weight is 621 g/mol. The second-order valence-corrected chi connectivity index (χ2v) is 9.15. The Balaban J connectivity index is 1.39. The third-order valence-electron chi connectivity index (χ3n) is 5.57. The molecule has 41 heavy (non-hydrogen) atoms. The van der Waals surface area contributed by atoms with Crippen LogP contribution in [0.15, 0.2) is 94.5 Å². The van der Waals surface area contributed by atoms with Crippen LogP contribution in [0.25, 0.3) is 0 Å². The number of methoxy groups -OCH3 is 1. The van der Waals surface area contributed by atoms with Crippen LogP contribution in [0, 0.1) is 20.2 Å². The van der Waals surface area contributed by atoms with Gasteiger partial charge in [-0.2, -0.15) is 5.10 Å². The Morgan fingerprint density at radius 1 is 0.902 bits per heavy atom. The summed E-state index contributed by atoms with van der Waals surface area (Å²) in [5.41, 5.74) is 3.34. The molecule has 0 atom stereocenters. The van der Waals surface area contributed by atoms with E-state index in [9.17, 15) is 25.0 Å². The first-order valence-electron chi connectivity index (χ1n) is 11.8. The highest BCUT2D eigenvalue weighted by molar-refractivity contribution is 9.10. The number of rotatable bonds is 11. The first-order valence-corrected chi connectivity index (χ1v) is 12.6. The molecule has 1 N–H and O–H groups in total. The Kier molecular flexibility index (Phi) is 9.22. The summed E-state index contributed by atoms with van der Waals surface area (Å²) < 4.78 is 17.2. The van der Waals surface area contributed by atoms with Gasteiger partial charge in [-0.3, -0.25) is 25.0 Å². The van der Waals surface area contributed by atoms with Crippen LogP contribution >= 0.6 is 15.9 Å². The van der Waals surface area contributed by atoms with Gasteiger partial charge in [-0.25, -0.2) is 5.43 Å². The van der Waals surface area contributed by atoms with E-state index in [-0.39, 0.29) is 11.5 Å². The number of amides is 1. The lowest BCUT2D eigenvalue weighted by atomic mass is 10.2. The van der Waals surface area contributed by atoms with E-state index in [4.69, 9.17) is 14.2 Å². The monoisotopic (exact) mass is 620 g/mol. The van der Waals surface area contributed by atoms with Crippen LogP contribution in [-0.4, -0.2) is 29.1 Å². The molecule has 0 aliphatic rings. The van der Waals surface area contributed by atoms with Gasteiger partial charge in [0.05, 0.1) is 33.7 Å². The van der Waals surface area contributed by atoms with Crippen molar-refractivity contribution in [2.75, 3.05) is 7.11 Å². The Labute approximate surface area is 241 Å². The molecule has 4 aromatic rings. The van der Waals surface area contributed by atoms with E-state index in [0.29, 0.717) is 33.7 Å².